The average molecular weight is 322 g/mol. The molecule has 0 aliphatic rings. The summed E-state index contributed by atoms with van der Waals surface area (Å²) in [6, 6.07) is 10.7. The normalized spacial score (nSPS) is 12.5. The van der Waals surface area contributed by atoms with E-state index in [1.807, 2.05) is 19.1 Å². The zero-order valence-electron chi connectivity index (χ0n) is 12.9. The van der Waals surface area contributed by atoms with E-state index in [4.69, 9.17) is 23.2 Å². The molecule has 2 rings (SSSR count). The van der Waals surface area contributed by atoms with E-state index in [2.05, 4.69) is 44.3 Å². The molecule has 1 unspecified atom stereocenters. The number of hydrogen-bond donors (Lipinski definition) is 1. The maximum absolute atomic E-state index is 6.47. The van der Waals surface area contributed by atoms with Crippen molar-refractivity contribution in [1.29, 1.82) is 0 Å². The van der Waals surface area contributed by atoms with Crippen molar-refractivity contribution < 1.29 is 0 Å². The average Bonchev–Trinajstić information content (AvgIpc) is 2.43. The lowest BCUT2D eigenvalue weighted by molar-refractivity contribution is 0.598. The van der Waals surface area contributed by atoms with Gasteiger partial charge in [-0.3, -0.25) is 0 Å². The van der Waals surface area contributed by atoms with Gasteiger partial charge >= 0.3 is 0 Å². The number of halogens is 2. The molecule has 0 saturated heterocycles. The molecule has 0 amide bonds. The minimum atomic E-state index is 0.254. The molecule has 0 aromatic heterocycles. The first-order valence-corrected chi connectivity index (χ1v) is 7.99. The zero-order chi connectivity index (χ0) is 15.6. The highest BCUT2D eigenvalue weighted by atomic mass is 35.5. The third-order valence-corrected chi connectivity index (χ3v) is 4.53. The van der Waals surface area contributed by atoms with Crippen LogP contribution in [0.25, 0.3) is 11.1 Å². The van der Waals surface area contributed by atoms with E-state index in [1.165, 1.54) is 5.56 Å². The number of nitrogens with one attached hydrogen (secondary N) is 1. The topological polar surface area (TPSA) is 12.0 Å². The molecule has 2 aromatic rings. The third-order valence-electron chi connectivity index (χ3n) is 3.79. The predicted molar refractivity (Wildman–Crippen MR) is 93.5 cm³/mol. The lowest BCUT2D eigenvalue weighted by Crippen LogP contribution is -2.17. The van der Waals surface area contributed by atoms with E-state index in [0.717, 1.165) is 38.8 Å². The Morgan fingerprint density at radius 3 is 2.33 bits per heavy atom. The number of aryl methyl sites for hydroxylation is 2. The Morgan fingerprint density at radius 1 is 1.00 bits per heavy atom. The summed E-state index contributed by atoms with van der Waals surface area (Å²) in [6.07, 6.45) is 0. The highest BCUT2D eigenvalue weighted by Gasteiger charge is 2.11. The van der Waals surface area contributed by atoms with Gasteiger partial charge in [0.05, 0.1) is 0 Å². The second kappa shape index (κ2) is 6.83. The van der Waals surface area contributed by atoms with Crippen LogP contribution in [0.2, 0.25) is 10.0 Å². The first-order chi connectivity index (χ1) is 9.93. The van der Waals surface area contributed by atoms with Crippen molar-refractivity contribution in [2.75, 3.05) is 6.54 Å². The molecule has 1 nitrogen and oxygen atoms in total. The lowest BCUT2D eigenvalue weighted by atomic mass is 9.96. The van der Waals surface area contributed by atoms with Crippen molar-refractivity contribution in [3.05, 3.63) is 57.1 Å². The van der Waals surface area contributed by atoms with Crippen LogP contribution in [0.1, 0.15) is 36.6 Å². The number of hydrogen-bond acceptors (Lipinski definition) is 1. The molecule has 0 aliphatic carbocycles. The minimum Gasteiger partial charge on any atom is -0.310 e. The molecule has 0 bridgehead atoms. The lowest BCUT2D eigenvalue weighted by Gasteiger charge is -2.16. The molecule has 0 saturated carbocycles. The van der Waals surface area contributed by atoms with Crippen LogP contribution in [0.3, 0.4) is 0 Å². The molecule has 1 N–H and O–H groups in total. The summed E-state index contributed by atoms with van der Waals surface area (Å²) in [4.78, 5) is 0. The Labute approximate surface area is 137 Å². The van der Waals surface area contributed by atoms with Crippen LogP contribution in [-0.4, -0.2) is 6.54 Å². The Hall–Kier alpha value is -1.02. The number of rotatable bonds is 4. The monoisotopic (exact) mass is 321 g/mol. The maximum Gasteiger partial charge on any atom is 0.0459 e. The first-order valence-electron chi connectivity index (χ1n) is 7.24. The Morgan fingerprint density at radius 2 is 1.71 bits per heavy atom. The van der Waals surface area contributed by atoms with Gasteiger partial charge in [0.15, 0.2) is 0 Å². The number of benzene rings is 2. The highest BCUT2D eigenvalue weighted by molar-refractivity contribution is 6.32. The third kappa shape index (κ3) is 3.60. The second-order valence-electron chi connectivity index (χ2n) is 5.43. The van der Waals surface area contributed by atoms with Crippen LogP contribution in [0, 0.1) is 13.8 Å². The van der Waals surface area contributed by atoms with Gasteiger partial charge in [-0.05, 0) is 73.3 Å². The Balaban J connectivity index is 2.43. The molecule has 2 aromatic carbocycles. The van der Waals surface area contributed by atoms with Crippen LogP contribution in [0.5, 0.6) is 0 Å². The molecule has 0 fully saturated rings. The Kier molecular flexibility index (Phi) is 5.32. The summed E-state index contributed by atoms with van der Waals surface area (Å²) in [5.74, 6) is 0. The maximum atomic E-state index is 6.47. The van der Waals surface area contributed by atoms with Gasteiger partial charge in [-0.15, -0.1) is 0 Å². The van der Waals surface area contributed by atoms with Gasteiger partial charge in [0, 0.05) is 16.1 Å². The fourth-order valence-electron chi connectivity index (χ4n) is 2.55. The van der Waals surface area contributed by atoms with Gasteiger partial charge in [-0.25, -0.2) is 0 Å². The SMILES string of the molecule is CCNC(C)c1ccc(-c2cc(C)c(Cl)cc2C)cc1Cl. The largest absolute Gasteiger partial charge is 0.310 e. The second-order valence-corrected chi connectivity index (χ2v) is 6.25. The van der Waals surface area contributed by atoms with Gasteiger partial charge < -0.3 is 5.32 Å². The van der Waals surface area contributed by atoms with Crippen LogP contribution in [0.4, 0.5) is 0 Å². The molecule has 112 valence electrons. The molecule has 0 spiro atoms. The molecule has 0 heterocycles. The summed E-state index contributed by atoms with van der Waals surface area (Å²) >= 11 is 12.6. The van der Waals surface area contributed by atoms with Crippen molar-refractivity contribution in [3.8, 4) is 11.1 Å². The van der Waals surface area contributed by atoms with Crippen molar-refractivity contribution >= 4 is 23.2 Å². The summed E-state index contributed by atoms with van der Waals surface area (Å²) in [6.45, 7) is 9.24. The molecule has 0 aliphatic heterocycles. The fourth-order valence-corrected chi connectivity index (χ4v) is 3.12. The van der Waals surface area contributed by atoms with E-state index in [-0.39, 0.29) is 6.04 Å². The molecule has 1 atom stereocenters. The van der Waals surface area contributed by atoms with Gasteiger partial charge in [0.2, 0.25) is 0 Å². The van der Waals surface area contributed by atoms with Crippen molar-refractivity contribution in [2.45, 2.75) is 33.7 Å². The first kappa shape index (κ1) is 16.4. The summed E-state index contributed by atoms with van der Waals surface area (Å²) < 4.78 is 0. The van der Waals surface area contributed by atoms with Crippen molar-refractivity contribution in [1.82, 2.24) is 5.32 Å². The highest BCUT2D eigenvalue weighted by Crippen LogP contribution is 2.33. The molecule has 0 radical (unpaired) electrons. The van der Waals surface area contributed by atoms with Gasteiger partial charge in [-0.1, -0.05) is 42.3 Å². The van der Waals surface area contributed by atoms with Crippen molar-refractivity contribution in [3.63, 3.8) is 0 Å². The Bertz CT molecular complexity index is 650. The van der Waals surface area contributed by atoms with E-state index in [9.17, 15) is 0 Å². The molecular formula is C18H21Cl2N. The molecular weight excluding hydrogens is 301 g/mol. The molecule has 21 heavy (non-hydrogen) atoms. The van der Waals surface area contributed by atoms with E-state index >= 15 is 0 Å². The van der Waals surface area contributed by atoms with E-state index < -0.39 is 0 Å². The predicted octanol–water partition coefficient (Wildman–Crippen LogP) is 5.95. The molecule has 3 heteroatoms. The standard InChI is InChI=1S/C18H21Cl2N/c1-5-21-13(4)15-7-6-14(10-18(15)20)16-8-12(3)17(19)9-11(16)2/h6-10,13,21H,5H2,1-4H3. The summed E-state index contributed by atoms with van der Waals surface area (Å²) in [5.41, 5.74) is 5.68. The smallest absolute Gasteiger partial charge is 0.0459 e. The zero-order valence-corrected chi connectivity index (χ0v) is 14.4. The van der Waals surface area contributed by atoms with Gasteiger partial charge in [0.1, 0.15) is 0 Å². The van der Waals surface area contributed by atoms with Crippen LogP contribution < -0.4 is 5.32 Å². The van der Waals surface area contributed by atoms with Gasteiger partial charge in [-0.2, -0.15) is 0 Å². The van der Waals surface area contributed by atoms with Crippen LogP contribution in [-0.2, 0) is 0 Å². The minimum absolute atomic E-state index is 0.254. The van der Waals surface area contributed by atoms with Crippen molar-refractivity contribution in [2.24, 2.45) is 0 Å². The van der Waals surface area contributed by atoms with E-state index in [0.29, 0.717) is 0 Å². The summed E-state index contributed by atoms with van der Waals surface area (Å²) in [7, 11) is 0. The van der Waals surface area contributed by atoms with Crippen LogP contribution >= 0.6 is 23.2 Å². The summed E-state index contributed by atoms with van der Waals surface area (Å²) in [5, 5.41) is 4.99. The quantitative estimate of drug-likeness (QED) is 0.733. The van der Waals surface area contributed by atoms with Gasteiger partial charge in [0.25, 0.3) is 0 Å². The fraction of sp³-hybridized carbons (Fsp3) is 0.333. The van der Waals surface area contributed by atoms with E-state index in [1.54, 1.807) is 0 Å². The van der Waals surface area contributed by atoms with Crippen LogP contribution in [0.15, 0.2) is 30.3 Å².